The van der Waals surface area contributed by atoms with Crippen LogP contribution in [0.2, 0.25) is 0 Å². The van der Waals surface area contributed by atoms with Gasteiger partial charge >= 0.3 is 0 Å². The van der Waals surface area contributed by atoms with Gasteiger partial charge in [0.15, 0.2) is 4.96 Å². The van der Waals surface area contributed by atoms with Gasteiger partial charge in [-0.25, -0.2) is 4.98 Å². The van der Waals surface area contributed by atoms with E-state index in [2.05, 4.69) is 46.7 Å². The Hall–Kier alpha value is -2.28. The summed E-state index contributed by atoms with van der Waals surface area (Å²) in [4.78, 5) is 21.7. The van der Waals surface area contributed by atoms with Crippen molar-refractivity contribution in [2.24, 2.45) is 0 Å². The average Bonchev–Trinajstić information content (AvgIpc) is 3.31. The van der Waals surface area contributed by atoms with Gasteiger partial charge in [-0.3, -0.25) is 14.1 Å². The van der Waals surface area contributed by atoms with Crippen molar-refractivity contribution in [1.82, 2.24) is 14.3 Å². The Labute approximate surface area is 159 Å². The Morgan fingerprint density at radius 3 is 2.88 bits per heavy atom. The Bertz CT molecular complexity index is 1110. The molecule has 0 saturated heterocycles. The molecule has 0 saturated carbocycles. The van der Waals surface area contributed by atoms with Crippen molar-refractivity contribution in [3.05, 3.63) is 91.5 Å². The largest absolute Gasteiger partial charge is 0.286 e. The summed E-state index contributed by atoms with van der Waals surface area (Å²) in [5.74, 6) is 0. The number of thiophene rings is 1. The second kappa shape index (κ2) is 6.46. The number of rotatable bonds is 3. The van der Waals surface area contributed by atoms with E-state index in [0.717, 1.165) is 23.6 Å². The van der Waals surface area contributed by atoms with E-state index in [9.17, 15) is 4.79 Å². The smallest absolute Gasteiger partial charge is 0.258 e. The molecular formula is C20H17N3OS2. The van der Waals surface area contributed by atoms with Crippen LogP contribution in [0.4, 0.5) is 0 Å². The fourth-order valence-corrected chi connectivity index (χ4v) is 5.38. The zero-order valence-electron chi connectivity index (χ0n) is 14.0. The summed E-state index contributed by atoms with van der Waals surface area (Å²) in [7, 11) is 0. The number of thiazole rings is 1. The molecule has 0 radical (unpaired) electrons. The van der Waals surface area contributed by atoms with Gasteiger partial charge in [0.05, 0.1) is 11.7 Å². The van der Waals surface area contributed by atoms with Crippen LogP contribution in [0.25, 0.3) is 4.96 Å². The second-order valence-electron chi connectivity index (χ2n) is 6.47. The third-order valence-electron chi connectivity index (χ3n) is 4.90. The van der Waals surface area contributed by atoms with Crippen LogP contribution in [-0.2, 0) is 13.0 Å². The van der Waals surface area contributed by atoms with Gasteiger partial charge in [-0.1, -0.05) is 30.3 Å². The van der Waals surface area contributed by atoms with Gasteiger partial charge in [0, 0.05) is 35.6 Å². The molecule has 0 N–H and O–H groups in total. The van der Waals surface area contributed by atoms with E-state index in [0.29, 0.717) is 6.54 Å². The molecule has 0 bridgehead atoms. The summed E-state index contributed by atoms with van der Waals surface area (Å²) >= 11 is 3.34. The van der Waals surface area contributed by atoms with E-state index in [-0.39, 0.29) is 11.6 Å². The molecule has 0 fully saturated rings. The summed E-state index contributed by atoms with van der Waals surface area (Å²) in [6, 6.07) is 14.8. The maximum atomic E-state index is 12.3. The van der Waals surface area contributed by atoms with E-state index in [1.165, 1.54) is 27.3 Å². The fourth-order valence-electron chi connectivity index (χ4n) is 3.74. The monoisotopic (exact) mass is 379 g/mol. The number of fused-ring (bicyclic) bond motifs is 2. The molecule has 1 aromatic carbocycles. The van der Waals surface area contributed by atoms with E-state index in [1.54, 1.807) is 16.7 Å². The highest BCUT2D eigenvalue weighted by molar-refractivity contribution is 7.15. The summed E-state index contributed by atoms with van der Waals surface area (Å²) in [5, 5.41) is 4.09. The maximum absolute atomic E-state index is 12.3. The molecule has 5 rings (SSSR count). The molecule has 4 heterocycles. The van der Waals surface area contributed by atoms with Gasteiger partial charge in [-0.15, -0.1) is 22.7 Å². The van der Waals surface area contributed by atoms with Crippen LogP contribution >= 0.6 is 22.7 Å². The maximum Gasteiger partial charge on any atom is 0.258 e. The van der Waals surface area contributed by atoms with Crippen LogP contribution in [0.15, 0.2) is 64.2 Å². The van der Waals surface area contributed by atoms with Crippen molar-refractivity contribution in [1.29, 1.82) is 0 Å². The van der Waals surface area contributed by atoms with Gasteiger partial charge in [0.2, 0.25) is 0 Å². The molecule has 0 spiro atoms. The summed E-state index contributed by atoms with van der Waals surface area (Å²) in [6.07, 6.45) is 2.83. The highest BCUT2D eigenvalue weighted by atomic mass is 32.1. The molecule has 0 aliphatic carbocycles. The van der Waals surface area contributed by atoms with Gasteiger partial charge in [-0.2, -0.15) is 0 Å². The Morgan fingerprint density at radius 2 is 2.00 bits per heavy atom. The van der Waals surface area contributed by atoms with Crippen LogP contribution in [0.5, 0.6) is 0 Å². The first-order valence-corrected chi connectivity index (χ1v) is 10.4. The van der Waals surface area contributed by atoms with Crippen LogP contribution in [0.1, 0.15) is 27.7 Å². The van der Waals surface area contributed by atoms with Gasteiger partial charge in [-0.05, 0) is 29.0 Å². The Balaban J connectivity index is 1.55. The van der Waals surface area contributed by atoms with E-state index in [1.807, 2.05) is 16.7 Å². The SMILES string of the molecule is O=c1cc(CN2CCc3sccc3[C@H]2c2ccccc2)nc2sccn12. The van der Waals surface area contributed by atoms with Gasteiger partial charge in [0.1, 0.15) is 0 Å². The fraction of sp³-hybridized carbons (Fsp3) is 0.200. The lowest BCUT2D eigenvalue weighted by molar-refractivity contribution is 0.204. The van der Waals surface area contributed by atoms with E-state index >= 15 is 0 Å². The molecule has 26 heavy (non-hydrogen) atoms. The van der Waals surface area contributed by atoms with E-state index < -0.39 is 0 Å². The summed E-state index contributed by atoms with van der Waals surface area (Å²) in [5.41, 5.74) is 3.52. The molecule has 0 amide bonds. The van der Waals surface area contributed by atoms with Crippen molar-refractivity contribution < 1.29 is 0 Å². The lowest BCUT2D eigenvalue weighted by Gasteiger charge is -2.36. The van der Waals surface area contributed by atoms with Crippen molar-refractivity contribution in [2.45, 2.75) is 19.0 Å². The minimum atomic E-state index is -0.00394. The highest BCUT2D eigenvalue weighted by Crippen LogP contribution is 2.38. The number of benzene rings is 1. The predicted octanol–water partition coefficient (Wildman–Crippen LogP) is 3.97. The van der Waals surface area contributed by atoms with Crippen LogP contribution in [-0.4, -0.2) is 20.8 Å². The summed E-state index contributed by atoms with van der Waals surface area (Å²) < 4.78 is 1.61. The Kier molecular flexibility index (Phi) is 3.96. The minimum Gasteiger partial charge on any atom is -0.286 e. The zero-order valence-corrected chi connectivity index (χ0v) is 15.7. The van der Waals surface area contributed by atoms with Crippen molar-refractivity contribution >= 4 is 27.6 Å². The first-order valence-electron chi connectivity index (χ1n) is 8.60. The van der Waals surface area contributed by atoms with Crippen LogP contribution in [0, 0.1) is 0 Å². The third-order valence-corrected chi connectivity index (χ3v) is 6.66. The van der Waals surface area contributed by atoms with E-state index in [4.69, 9.17) is 4.98 Å². The number of hydrogen-bond acceptors (Lipinski definition) is 5. The summed E-state index contributed by atoms with van der Waals surface area (Å²) in [6.45, 7) is 1.65. The molecular weight excluding hydrogens is 362 g/mol. The topological polar surface area (TPSA) is 37.6 Å². The van der Waals surface area contributed by atoms with Crippen LogP contribution < -0.4 is 5.56 Å². The average molecular weight is 380 g/mol. The molecule has 3 aromatic heterocycles. The zero-order chi connectivity index (χ0) is 17.5. The normalized spacial score (nSPS) is 17.5. The number of hydrogen-bond donors (Lipinski definition) is 0. The quantitative estimate of drug-likeness (QED) is 0.541. The second-order valence-corrected chi connectivity index (χ2v) is 8.35. The number of nitrogens with zero attached hydrogens (tertiary/aromatic N) is 3. The molecule has 0 unspecified atom stereocenters. The predicted molar refractivity (Wildman–Crippen MR) is 106 cm³/mol. The lowest BCUT2D eigenvalue weighted by atomic mass is 9.93. The van der Waals surface area contributed by atoms with Crippen LogP contribution in [0.3, 0.4) is 0 Å². The Morgan fingerprint density at radius 1 is 1.12 bits per heavy atom. The standard InChI is InChI=1S/C20H17N3OS2/c24-18-12-15(21-20-23(18)9-11-26-20)13-22-8-6-17-16(7-10-25-17)19(22)14-4-2-1-3-5-14/h1-5,7,9-12,19H,6,8,13H2/t19-/m1/s1. The first-order chi connectivity index (χ1) is 12.8. The molecule has 1 atom stereocenters. The van der Waals surface area contributed by atoms with Crippen molar-refractivity contribution in [3.8, 4) is 0 Å². The van der Waals surface area contributed by atoms with Gasteiger partial charge < -0.3 is 0 Å². The van der Waals surface area contributed by atoms with Crippen molar-refractivity contribution in [3.63, 3.8) is 0 Å². The molecule has 6 heteroatoms. The minimum absolute atomic E-state index is 0.00394. The molecule has 4 aromatic rings. The third kappa shape index (κ3) is 2.70. The molecule has 4 nitrogen and oxygen atoms in total. The molecule has 1 aliphatic rings. The number of aromatic nitrogens is 2. The highest BCUT2D eigenvalue weighted by Gasteiger charge is 2.29. The van der Waals surface area contributed by atoms with Crippen molar-refractivity contribution in [2.75, 3.05) is 6.54 Å². The molecule has 130 valence electrons. The molecule has 1 aliphatic heterocycles. The first kappa shape index (κ1) is 15.9. The lowest BCUT2D eigenvalue weighted by Crippen LogP contribution is -2.35. The van der Waals surface area contributed by atoms with Gasteiger partial charge in [0.25, 0.3) is 5.56 Å².